The van der Waals surface area contributed by atoms with Crippen LogP contribution in [0.25, 0.3) is 0 Å². The van der Waals surface area contributed by atoms with Crippen LogP contribution in [-0.2, 0) is 4.79 Å². The Bertz CT molecular complexity index is 253. The lowest BCUT2D eigenvalue weighted by Crippen LogP contribution is -2.39. The summed E-state index contributed by atoms with van der Waals surface area (Å²) in [6, 6.07) is 0.128. The first-order chi connectivity index (χ1) is 6.30. The number of hydrogen-bond donors (Lipinski definition) is 1. The summed E-state index contributed by atoms with van der Waals surface area (Å²) in [5.74, 6) is 0.00887. The third-order valence-electron chi connectivity index (χ3n) is 3.18. The van der Waals surface area contributed by atoms with E-state index in [2.05, 4.69) is 5.32 Å². The van der Waals surface area contributed by atoms with Gasteiger partial charge in [-0.1, -0.05) is 13.8 Å². The second kappa shape index (κ2) is 3.57. The molecule has 0 spiro atoms. The van der Waals surface area contributed by atoms with E-state index in [0.717, 1.165) is 0 Å². The lowest BCUT2D eigenvalue weighted by atomic mass is 9.99. The Labute approximate surface area is 95.3 Å². The number of amides is 1. The molecule has 0 heterocycles. The Morgan fingerprint density at radius 2 is 1.93 bits per heavy atom. The van der Waals surface area contributed by atoms with E-state index in [1.807, 2.05) is 27.7 Å². The molecule has 1 rings (SSSR count). The fraction of sp³-hybridized carbons (Fsp3) is 0.900. The van der Waals surface area contributed by atoms with Gasteiger partial charge < -0.3 is 5.32 Å². The zero-order chi connectivity index (χ0) is 11.1. The summed E-state index contributed by atoms with van der Waals surface area (Å²) in [5, 5.41) is 2.87. The highest BCUT2D eigenvalue weighted by Crippen LogP contribution is 2.70. The molecule has 2 nitrogen and oxygen atoms in total. The van der Waals surface area contributed by atoms with Crippen molar-refractivity contribution in [2.24, 2.45) is 11.3 Å². The third-order valence-corrected chi connectivity index (χ3v) is 4.51. The number of rotatable bonds is 3. The molecule has 1 fully saturated rings. The van der Waals surface area contributed by atoms with Gasteiger partial charge in [0.15, 0.2) is 0 Å². The standard InChI is InChI=1S/C10H17Cl2NO/c1-5-9(7(4)10(9,11)12)8(14)13-6(2)3/h6-7H,5H2,1-4H3,(H,13,14). The predicted octanol–water partition coefficient (Wildman–Crippen LogP) is 2.73. The molecule has 2 unspecified atom stereocenters. The molecule has 1 saturated carbocycles. The number of hydrogen-bond acceptors (Lipinski definition) is 1. The molecule has 1 aliphatic carbocycles. The van der Waals surface area contributed by atoms with Gasteiger partial charge in [-0.25, -0.2) is 0 Å². The van der Waals surface area contributed by atoms with Gasteiger partial charge in [-0.15, -0.1) is 23.2 Å². The van der Waals surface area contributed by atoms with Gasteiger partial charge in [0.05, 0.1) is 5.41 Å². The molecular formula is C10H17Cl2NO. The Kier molecular flexibility index (Phi) is 3.09. The molecule has 0 aromatic carbocycles. The smallest absolute Gasteiger partial charge is 0.229 e. The van der Waals surface area contributed by atoms with Crippen LogP contribution >= 0.6 is 23.2 Å². The van der Waals surface area contributed by atoms with Crippen LogP contribution < -0.4 is 5.32 Å². The maximum Gasteiger partial charge on any atom is 0.229 e. The molecule has 0 aromatic heterocycles. The summed E-state index contributed by atoms with van der Waals surface area (Å²) in [6.45, 7) is 7.73. The van der Waals surface area contributed by atoms with E-state index >= 15 is 0 Å². The van der Waals surface area contributed by atoms with Crippen molar-refractivity contribution in [1.82, 2.24) is 5.32 Å². The summed E-state index contributed by atoms with van der Waals surface area (Å²) in [5.41, 5.74) is -0.583. The molecule has 1 aliphatic rings. The minimum atomic E-state index is -0.888. The Balaban J connectivity index is 2.80. The zero-order valence-electron chi connectivity index (χ0n) is 9.03. The van der Waals surface area contributed by atoms with Crippen LogP contribution in [0.15, 0.2) is 0 Å². The summed E-state index contributed by atoms with van der Waals surface area (Å²) < 4.78 is -0.888. The van der Waals surface area contributed by atoms with Gasteiger partial charge in [-0.05, 0) is 20.3 Å². The first kappa shape index (κ1) is 12.1. The van der Waals surface area contributed by atoms with Gasteiger partial charge in [0.1, 0.15) is 4.33 Å². The van der Waals surface area contributed by atoms with Crippen molar-refractivity contribution in [3.05, 3.63) is 0 Å². The van der Waals surface area contributed by atoms with E-state index in [0.29, 0.717) is 6.42 Å². The molecule has 0 radical (unpaired) electrons. The topological polar surface area (TPSA) is 29.1 Å². The van der Waals surface area contributed by atoms with E-state index < -0.39 is 9.75 Å². The monoisotopic (exact) mass is 237 g/mol. The highest BCUT2D eigenvalue weighted by Gasteiger charge is 2.76. The third kappa shape index (κ3) is 1.43. The molecule has 0 aliphatic heterocycles. The maximum absolute atomic E-state index is 11.9. The molecule has 14 heavy (non-hydrogen) atoms. The van der Waals surface area contributed by atoms with Gasteiger partial charge in [-0.3, -0.25) is 4.79 Å². The molecular weight excluding hydrogens is 221 g/mol. The number of nitrogens with one attached hydrogen (secondary N) is 1. The summed E-state index contributed by atoms with van der Waals surface area (Å²) in [6.07, 6.45) is 0.680. The molecule has 4 heteroatoms. The fourth-order valence-corrected chi connectivity index (χ4v) is 3.11. The van der Waals surface area contributed by atoms with Crippen molar-refractivity contribution in [3.63, 3.8) is 0 Å². The zero-order valence-corrected chi connectivity index (χ0v) is 10.5. The molecule has 0 saturated heterocycles. The SMILES string of the molecule is CCC1(C(=O)NC(C)C)C(C)C1(Cl)Cl. The molecule has 0 bridgehead atoms. The van der Waals surface area contributed by atoms with Crippen LogP contribution in [0.1, 0.15) is 34.1 Å². The Hall–Kier alpha value is 0.0500. The van der Waals surface area contributed by atoms with Crippen molar-refractivity contribution in [2.45, 2.75) is 44.5 Å². The largest absolute Gasteiger partial charge is 0.353 e. The average Bonchev–Trinajstić information content (AvgIpc) is 2.46. The van der Waals surface area contributed by atoms with Crippen LogP contribution in [0.5, 0.6) is 0 Å². The fourth-order valence-electron chi connectivity index (χ4n) is 2.08. The maximum atomic E-state index is 11.9. The van der Waals surface area contributed by atoms with Crippen LogP contribution in [0.3, 0.4) is 0 Å². The van der Waals surface area contributed by atoms with Crippen molar-refractivity contribution in [1.29, 1.82) is 0 Å². The van der Waals surface area contributed by atoms with E-state index in [9.17, 15) is 4.79 Å². The lowest BCUT2D eigenvalue weighted by molar-refractivity contribution is -0.127. The van der Waals surface area contributed by atoms with Crippen LogP contribution in [0.2, 0.25) is 0 Å². The van der Waals surface area contributed by atoms with Gasteiger partial charge >= 0.3 is 0 Å². The Morgan fingerprint density at radius 1 is 1.50 bits per heavy atom. The summed E-state index contributed by atoms with van der Waals surface area (Å²) >= 11 is 12.2. The number of halogens is 2. The first-order valence-electron chi connectivity index (χ1n) is 4.99. The predicted molar refractivity (Wildman–Crippen MR) is 59.6 cm³/mol. The summed E-state index contributed by atoms with van der Waals surface area (Å²) in [4.78, 5) is 11.9. The van der Waals surface area contributed by atoms with Gasteiger partial charge in [0.2, 0.25) is 5.91 Å². The second-order valence-electron chi connectivity index (χ2n) is 4.30. The highest BCUT2D eigenvalue weighted by molar-refractivity contribution is 6.53. The average molecular weight is 238 g/mol. The molecule has 1 N–H and O–H groups in total. The lowest BCUT2D eigenvalue weighted by Gasteiger charge is -2.18. The van der Waals surface area contributed by atoms with E-state index in [1.165, 1.54) is 0 Å². The summed E-state index contributed by atoms with van der Waals surface area (Å²) in [7, 11) is 0. The van der Waals surface area contributed by atoms with Gasteiger partial charge in [0, 0.05) is 12.0 Å². The van der Waals surface area contributed by atoms with E-state index in [1.54, 1.807) is 0 Å². The van der Waals surface area contributed by atoms with Crippen molar-refractivity contribution in [3.8, 4) is 0 Å². The number of carbonyl (C=O) groups is 1. The quantitative estimate of drug-likeness (QED) is 0.752. The Morgan fingerprint density at radius 3 is 2.14 bits per heavy atom. The number of carbonyl (C=O) groups excluding carboxylic acids is 1. The van der Waals surface area contributed by atoms with Crippen molar-refractivity contribution < 1.29 is 4.79 Å². The van der Waals surface area contributed by atoms with Gasteiger partial charge in [-0.2, -0.15) is 0 Å². The second-order valence-corrected chi connectivity index (χ2v) is 5.68. The van der Waals surface area contributed by atoms with Crippen LogP contribution in [-0.4, -0.2) is 16.3 Å². The number of alkyl halides is 2. The van der Waals surface area contributed by atoms with Gasteiger partial charge in [0.25, 0.3) is 0 Å². The minimum Gasteiger partial charge on any atom is -0.353 e. The van der Waals surface area contributed by atoms with Crippen molar-refractivity contribution >= 4 is 29.1 Å². The molecule has 0 aromatic rings. The van der Waals surface area contributed by atoms with E-state index in [-0.39, 0.29) is 17.9 Å². The van der Waals surface area contributed by atoms with Crippen LogP contribution in [0.4, 0.5) is 0 Å². The minimum absolute atomic E-state index is 0.0208. The van der Waals surface area contributed by atoms with E-state index in [4.69, 9.17) is 23.2 Å². The highest BCUT2D eigenvalue weighted by atomic mass is 35.5. The molecule has 2 atom stereocenters. The van der Waals surface area contributed by atoms with Crippen molar-refractivity contribution in [2.75, 3.05) is 0 Å². The van der Waals surface area contributed by atoms with Crippen LogP contribution in [0, 0.1) is 11.3 Å². The first-order valence-corrected chi connectivity index (χ1v) is 5.75. The molecule has 1 amide bonds. The normalized spacial score (nSPS) is 34.4. The molecule has 82 valence electrons.